The van der Waals surface area contributed by atoms with Gasteiger partial charge in [-0.1, -0.05) is 205 Å². The topological polar surface area (TPSA) is 507 Å². The van der Waals surface area contributed by atoms with Crippen molar-refractivity contribution in [2.24, 2.45) is 11.5 Å². The zero-order valence-corrected chi connectivity index (χ0v) is 88.8. The molecule has 0 aliphatic heterocycles. The van der Waals surface area contributed by atoms with E-state index in [9.17, 15) is 67.4 Å². The average Bonchev–Trinajstić information content (AvgIpc) is 0.839. The van der Waals surface area contributed by atoms with Gasteiger partial charge in [-0.05, 0) is 231 Å². The number of pyridine rings is 5. The second-order valence-corrected chi connectivity index (χ2v) is 39.4. The normalized spacial score (nSPS) is 12.4. The van der Waals surface area contributed by atoms with E-state index in [0.29, 0.717) is 115 Å². The third kappa shape index (κ3) is 64.1. The highest BCUT2D eigenvalue weighted by Crippen LogP contribution is 2.22. The number of ether oxygens (including phenoxy) is 7. The molecule has 12 N–H and O–H groups in total. The molecule has 0 saturated carbocycles. The number of carboxylic acid groups (broad SMARTS) is 1. The van der Waals surface area contributed by atoms with Crippen LogP contribution in [0.15, 0.2) is 207 Å². The largest absolute Gasteiger partial charge is 0.480 e. The van der Waals surface area contributed by atoms with Gasteiger partial charge in [0.05, 0.1) is 61.0 Å². The predicted octanol–water partition coefficient (Wildman–Crippen LogP) is 18.1. The molecule has 5 aromatic heterocycles. The number of aromatic nitrogens is 5. The molecule has 3 aromatic carbocycles. The summed E-state index contributed by atoms with van der Waals surface area (Å²) in [5, 5.41) is 28.2. The van der Waals surface area contributed by atoms with Crippen LogP contribution in [-0.4, -0.2) is 160 Å². The zero-order valence-electron chi connectivity index (χ0n) is 88.8. The summed E-state index contributed by atoms with van der Waals surface area (Å²) in [6, 6.07) is 50.4. The molecule has 7 amide bonds. The molecule has 5 atom stereocenters. The molecule has 0 spiro atoms. The molecule has 0 unspecified atom stereocenters. The van der Waals surface area contributed by atoms with Gasteiger partial charge in [0.15, 0.2) is 5.78 Å². The number of carbonyl (C=O) groups is 13. The molecular formula is C113H160N14O21. The van der Waals surface area contributed by atoms with Gasteiger partial charge in [-0.3, -0.25) is 68.1 Å². The number of carbonyl (C=O) groups excluding carboxylic acids is 12. The van der Waals surface area contributed by atoms with Gasteiger partial charge in [0.25, 0.3) is 0 Å². The fourth-order valence-electron chi connectivity index (χ4n) is 14.0. The van der Waals surface area contributed by atoms with Crippen LogP contribution >= 0.6 is 0 Å². The summed E-state index contributed by atoms with van der Waals surface area (Å²) in [6.45, 7) is 25.9. The lowest BCUT2D eigenvalue weighted by Crippen LogP contribution is -2.46. The number of nitrogens with two attached hydrogens (primary N) is 2. The van der Waals surface area contributed by atoms with Crippen LogP contribution in [0.5, 0.6) is 0 Å². The predicted molar refractivity (Wildman–Crippen MR) is 565 cm³/mol. The molecule has 1 aliphatic carbocycles. The van der Waals surface area contributed by atoms with Crippen LogP contribution in [0.25, 0.3) is 0 Å². The smallest absolute Gasteiger partial charge is 0.408 e. The molecule has 0 radical (unpaired) electrons. The summed E-state index contributed by atoms with van der Waals surface area (Å²) < 4.78 is 36.6. The minimum absolute atomic E-state index is 0.0783. The van der Waals surface area contributed by atoms with Crippen molar-refractivity contribution in [3.8, 4) is 0 Å². The average molecular weight is 2050 g/mol. The van der Waals surface area contributed by atoms with Gasteiger partial charge >= 0.3 is 48.1 Å². The Kier molecular flexibility index (Phi) is 61.8. The molecule has 148 heavy (non-hydrogen) atoms. The number of carboxylic acids is 1. The van der Waals surface area contributed by atoms with Crippen LogP contribution in [0.4, 0.5) is 14.4 Å². The minimum atomic E-state index is -1.11. The van der Waals surface area contributed by atoms with Crippen LogP contribution in [0.2, 0.25) is 0 Å². The van der Waals surface area contributed by atoms with Crippen molar-refractivity contribution >= 4 is 77.5 Å². The Morgan fingerprint density at radius 3 is 0.885 bits per heavy atom. The molecule has 0 bridgehead atoms. The molecule has 1 aliphatic rings. The van der Waals surface area contributed by atoms with Crippen molar-refractivity contribution in [1.82, 2.24) is 62.1 Å². The lowest BCUT2D eigenvalue weighted by Gasteiger charge is -2.20. The second-order valence-electron chi connectivity index (χ2n) is 39.4. The lowest BCUT2D eigenvalue weighted by molar-refractivity contribution is -0.156. The number of hydrogen-bond donors (Lipinski definition) is 10. The van der Waals surface area contributed by atoms with Gasteiger partial charge in [0, 0.05) is 63.1 Å². The Bertz CT molecular complexity index is 5060. The van der Waals surface area contributed by atoms with E-state index in [-0.39, 0.29) is 86.1 Å². The Morgan fingerprint density at radius 1 is 0.324 bits per heavy atom. The molecule has 35 nitrogen and oxygen atoms in total. The number of esters is 4. The van der Waals surface area contributed by atoms with Crippen molar-refractivity contribution in [3.63, 3.8) is 0 Å². The van der Waals surface area contributed by atoms with Crippen LogP contribution in [0.3, 0.4) is 0 Å². The summed E-state index contributed by atoms with van der Waals surface area (Å²) in [5.74, 6) is -2.65. The van der Waals surface area contributed by atoms with Crippen molar-refractivity contribution in [1.29, 1.82) is 0 Å². The summed E-state index contributed by atoms with van der Waals surface area (Å²) in [4.78, 5) is 175. The first kappa shape index (κ1) is 126. The highest BCUT2D eigenvalue weighted by atomic mass is 16.6. The molecular weight excluding hydrogens is 1890 g/mol. The monoisotopic (exact) mass is 2050 g/mol. The number of benzene rings is 3. The van der Waals surface area contributed by atoms with Crippen molar-refractivity contribution in [3.05, 3.63) is 258 Å². The number of Topliss-reactive ketones (excluding diaryl/α,β-unsaturated/α-hetero) is 1. The van der Waals surface area contributed by atoms with Crippen molar-refractivity contribution < 1.29 is 101 Å². The fraction of sp³-hybridized carbons (Fsp3) is 0.504. The van der Waals surface area contributed by atoms with Gasteiger partial charge in [-0.2, -0.15) is 0 Å². The first-order valence-corrected chi connectivity index (χ1v) is 51.2. The number of rotatable bonds is 51. The number of nitrogens with one attached hydrogen (secondary N) is 7. The van der Waals surface area contributed by atoms with Crippen molar-refractivity contribution in [2.45, 2.75) is 368 Å². The number of aryl methyl sites for hydroxylation is 1. The Hall–Kier alpha value is -14.0. The maximum atomic E-state index is 12.8. The zero-order chi connectivity index (χ0) is 109. The number of nitrogens with zero attached hydrogens (tertiary/aromatic N) is 5. The molecule has 9 rings (SSSR count). The van der Waals surface area contributed by atoms with Crippen LogP contribution in [-0.2, 0) is 129 Å². The van der Waals surface area contributed by atoms with E-state index >= 15 is 0 Å². The molecule has 0 fully saturated rings. The lowest BCUT2D eigenvalue weighted by atomic mass is 9.95. The SMILES string of the molecule is CC(C)(C)OC(=O)CCCCC[C@H](N)C(=O)NCc1ccccn1.CC(C)(C)OC(=O)CCCCC[C@H](N)C(=O)NCc1ccccn1.CC(C)(C)OC(=O)CCCCC[C@H](NC(=O)OCc1ccccc1)C(=O)NCc1ccccn1.CC(C)(C)OC(=O)CCCCC[C@H](NC(=O)OCc1ccccc1)C(=O)O.CCCCCC[C@H](NC(=O)OCc1ccccc1)C(=O)NCc1ccccn1.O=C1CCCc2cccnc21. The molecule has 808 valence electrons. The molecule has 5 heterocycles. The Labute approximate surface area is 873 Å². The highest BCUT2D eigenvalue weighted by molar-refractivity contribution is 5.96. The second kappa shape index (κ2) is 72.4. The van der Waals surface area contributed by atoms with Gasteiger partial charge < -0.3 is 86.9 Å². The summed E-state index contributed by atoms with van der Waals surface area (Å²) in [7, 11) is 0. The van der Waals surface area contributed by atoms with E-state index in [1.54, 1.807) is 37.1 Å². The van der Waals surface area contributed by atoms with E-state index in [0.717, 1.165) is 129 Å². The number of aliphatic carboxylic acids is 1. The fourth-order valence-corrected chi connectivity index (χ4v) is 14.0. The Morgan fingerprint density at radius 2 is 0.601 bits per heavy atom. The highest BCUT2D eigenvalue weighted by Gasteiger charge is 2.28. The Balaban J connectivity index is 0.000000376. The molecule has 0 saturated heterocycles. The third-order valence-electron chi connectivity index (χ3n) is 21.4. The van der Waals surface area contributed by atoms with Gasteiger partial charge in [-0.25, -0.2) is 19.2 Å². The molecule has 8 aromatic rings. The number of ketones is 1. The van der Waals surface area contributed by atoms with Crippen LogP contribution < -0.4 is 48.7 Å². The summed E-state index contributed by atoms with van der Waals surface area (Å²) in [5.41, 5.74) is 17.4. The van der Waals surface area contributed by atoms with E-state index in [2.05, 4.69) is 69.1 Å². The van der Waals surface area contributed by atoms with Crippen LogP contribution in [0.1, 0.15) is 319 Å². The number of fused-ring (bicyclic) bond motifs is 1. The van der Waals surface area contributed by atoms with Crippen molar-refractivity contribution in [2.75, 3.05) is 0 Å². The minimum Gasteiger partial charge on any atom is -0.480 e. The summed E-state index contributed by atoms with van der Waals surface area (Å²) >= 11 is 0. The number of alkyl carbamates (subject to hydrolysis) is 3. The van der Waals surface area contributed by atoms with E-state index in [1.807, 2.05) is 253 Å². The number of hydrogen-bond acceptors (Lipinski definition) is 27. The van der Waals surface area contributed by atoms with E-state index in [1.165, 1.54) is 0 Å². The maximum absolute atomic E-state index is 12.8. The van der Waals surface area contributed by atoms with Gasteiger partial charge in [0.2, 0.25) is 23.6 Å². The third-order valence-corrected chi connectivity index (χ3v) is 21.4. The first-order valence-electron chi connectivity index (χ1n) is 51.2. The standard InChI is InChI=1S/C26H35N3O5.C22H29N3O3.C20H29NO6.2C18H29N3O3.C9H9NO/c1-26(2,3)34-23(30)16-9-5-8-15-22(24(31)28-18-21-14-10-11-17-27-21)29-25(32)33-19-20-12-6-4-7-13-20;1-2-3-4-8-14-20(21(26)24-16-19-13-9-10-15-23-19)25-22(27)28-17-18-11-6-5-7-12-18;1-20(2,3)27-17(22)13-9-5-8-12-16(18(23)24)21-19(25)26-14-15-10-6-4-7-11-15;2*1-18(2,3)24-16(22)11-6-4-5-10-15(19)17(23)21-13-14-9-7-8-12-20-14;11-8-5-1-3-7-4-2-6-10-9(7)8/h4,6-7,10-14,17,22H,5,8-9,15-16,18-19H2,1-3H3,(H,28,31)(H,29,32);5-7,9-13,15,20H,2-4,8,14,16-17H2,1H3,(H,24,26)(H,25,27);4,6-7,10-11,16H,5,8-9,12-14H2,1-3H3,(H,21,25)(H,23,24);2*7-9,12,15H,4-6,10-11,13,19H2,1-3H3,(H,21,23);2,4,6H,1,3,5H2/t22-;20-;16-;2*15-;/m00000./s1. The number of unbranched alkanes of at least 4 members (excludes halogenated alkanes) is 11. The molecule has 35 heteroatoms. The van der Waals surface area contributed by atoms with Gasteiger partial charge in [0.1, 0.15) is 66.0 Å². The number of amides is 7. The first-order chi connectivity index (χ1) is 70.5. The van der Waals surface area contributed by atoms with E-state index < -0.39 is 76.9 Å². The summed E-state index contributed by atoms with van der Waals surface area (Å²) in [6.07, 6.45) is 25.7. The quantitative estimate of drug-likeness (QED) is 0.00961. The maximum Gasteiger partial charge on any atom is 0.408 e. The van der Waals surface area contributed by atoms with Gasteiger partial charge in [-0.15, -0.1) is 0 Å². The van der Waals surface area contributed by atoms with Crippen LogP contribution in [0, 0.1) is 0 Å². The van der Waals surface area contributed by atoms with E-state index in [4.69, 9.17) is 44.6 Å².